The summed E-state index contributed by atoms with van der Waals surface area (Å²) < 4.78 is 0. The van der Waals surface area contributed by atoms with E-state index in [9.17, 15) is 4.79 Å². The number of likely N-dealkylation sites (N-methyl/N-ethyl adjacent to an activating group) is 1. The van der Waals surface area contributed by atoms with E-state index in [0.717, 1.165) is 32.6 Å². The van der Waals surface area contributed by atoms with Crippen LogP contribution in [0.3, 0.4) is 0 Å². The molecule has 1 aliphatic heterocycles. The Bertz CT molecular complexity index is 421. The summed E-state index contributed by atoms with van der Waals surface area (Å²) in [5.41, 5.74) is 1.28. The number of hydrogen-bond acceptors (Lipinski definition) is 3. The molecule has 0 bridgehead atoms. The molecule has 21 heavy (non-hydrogen) atoms. The van der Waals surface area contributed by atoms with Crippen LogP contribution in [0.2, 0.25) is 0 Å². The van der Waals surface area contributed by atoms with E-state index in [1.165, 1.54) is 5.56 Å². The first-order chi connectivity index (χ1) is 9.72. The molecule has 0 aromatic heterocycles. The van der Waals surface area contributed by atoms with Gasteiger partial charge in [-0.15, -0.1) is 12.4 Å². The molecule has 1 heterocycles. The van der Waals surface area contributed by atoms with Crippen molar-refractivity contribution in [2.45, 2.75) is 19.4 Å². The molecule has 1 atom stereocenters. The van der Waals surface area contributed by atoms with Crippen molar-refractivity contribution in [3.8, 4) is 0 Å². The molecule has 1 saturated heterocycles. The van der Waals surface area contributed by atoms with Crippen molar-refractivity contribution < 1.29 is 4.79 Å². The largest absolute Gasteiger partial charge is 0.339 e. The number of carbonyl (C=O) groups is 1. The topological polar surface area (TPSA) is 35.6 Å². The van der Waals surface area contributed by atoms with Gasteiger partial charge in [0, 0.05) is 32.2 Å². The Hall–Kier alpha value is -1.10. The number of halogens is 1. The van der Waals surface area contributed by atoms with Crippen molar-refractivity contribution in [3.05, 3.63) is 35.9 Å². The van der Waals surface area contributed by atoms with Crippen LogP contribution in [0, 0.1) is 0 Å². The summed E-state index contributed by atoms with van der Waals surface area (Å²) in [6, 6.07) is 10.7. The minimum Gasteiger partial charge on any atom is -0.339 e. The summed E-state index contributed by atoms with van der Waals surface area (Å²) >= 11 is 0. The number of hydrogen-bond donors (Lipinski definition) is 1. The van der Waals surface area contributed by atoms with Gasteiger partial charge in [0.2, 0.25) is 5.91 Å². The van der Waals surface area contributed by atoms with Crippen LogP contribution in [0.4, 0.5) is 0 Å². The Morgan fingerprint density at radius 3 is 2.48 bits per heavy atom. The van der Waals surface area contributed by atoms with Crippen LogP contribution in [0.25, 0.3) is 0 Å². The molecular formula is C16H26ClN3O. The molecule has 1 aliphatic rings. The van der Waals surface area contributed by atoms with E-state index in [-0.39, 0.29) is 18.3 Å². The number of benzene rings is 1. The zero-order chi connectivity index (χ0) is 14.4. The highest BCUT2D eigenvalue weighted by Crippen LogP contribution is 2.22. The molecule has 0 saturated carbocycles. The van der Waals surface area contributed by atoms with Gasteiger partial charge in [-0.3, -0.25) is 9.69 Å². The first-order valence-electron chi connectivity index (χ1n) is 7.46. The molecule has 2 rings (SSSR count). The Balaban J connectivity index is 0.00000220. The fourth-order valence-corrected chi connectivity index (χ4v) is 2.81. The summed E-state index contributed by atoms with van der Waals surface area (Å²) in [6.07, 6.45) is 1.01. The highest BCUT2D eigenvalue weighted by molar-refractivity contribution is 5.85. The van der Waals surface area contributed by atoms with Crippen molar-refractivity contribution in [3.63, 3.8) is 0 Å². The first-order valence-corrected chi connectivity index (χ1v) is 7.46. The Labute approximate surface area is 133 Å². The van der Waals surface area contributed by atoms with E-state index >= 15 is 0 Å². The van der Waals surface area contributed by atoms with Gasteiger partial charge in [0.1, 0.15) is 0 Å². The van der Waals surface area contributed by atoms with Gasteiger partial charge < -0.3 is 10.2 Å². The lowest BCUT2D eigenvalue weighted by Crippen LogP contribution is -2.49. The number of rotatable bonds is 5. The number of amides is 1. The van der Waals surface area contributed by atoms with E-state index in [0.29, 0.717) is 12.6 Å². The summed E-state index contributed by atoms with van der Waals surface area (Å²) in [4.78, 5) is 16.4. The second kappa shape index (κ2) is 9.03. The molecule has 0 aliphatic carbocycles. The molecule has 1 aromatic carbocycles. The third kappa shape index (κ3) is 4.99. The molecule has 1 aromatic rings. The van der Waals surface area contributed by atoms with Gasteiger partial charge in [0.25, 0.3) is 0 Å². The van der Waals surface area contributed by atoms with Crippen molar-refractivity contribution >= 4 is 18.3 Å². The van der Waals surface area contributed by atoms with E-state index < -0.39 is 0 Å². The van der Waals surface area contributed by atoms with Crippen molar-refractivity contribution in [2.75, 3.05) is 39.8 Å². The fourth-order valence-electron chi connectivity index (χ4n) is 2.81. The molecule has 0 radical (unpaired) electrons. The lowest BCUT2D eigenvalue weighted by Gasteiger charge is -2.32. The van der Waals surface area contributed by atoms with Gasteiger partial charge in [-0.05, 0) is 19.0 Å². The lowest BCUT2D eigenvalue weighted by molar-refractivity contribution is -0.133. The van der Waals surface area contributed by atoms with Crippen LogP contribution in [-0.2, 0) is 4.79 Å². The molecule has 1 N–H and O–H groups in total. The zero-order valence-electron chi connectivity index (χ0n) is 12.9. The second-order valence-corrected chi connectivity index (χ2v) is 5.38. The van der Waals surface area contributed by atoms with E-state index in [4.69, 9.17) is 0 Å². The van der Waals surface area contributed by atoms with E-state index in [2.05, 4.69) is 41.4 Å². The molecule has 1 fully saturated rings. The molecule has 0 spiro atoms. The number of piperazine rings is 1. The highest BCUT2D eigenvalue weighted by Gasteiger charge is 2.21. The molecular weight excluding hydrogens is 286 g/mol. The molecule has 1 amide bonds. The standard InChI is InChI=1S/C16H25N3O.ClH/c1-3-15(14-7-5-4-6-8-14)18(2)13-16(20)19-11-9-17-10-12-19;/h4-8,15,17H,3,9-13H2,1-2H3;1H. The SMILES string of the molecule is CCC(c1ccccc1)N(C)CC(=O)N1CCNCC1.Cl. The normalized spacial score (nSPS) is 16.4. The summed E-state index contributed by atoms with van der Waals surface area (Å²) in [7, 11) is 2.04. The predicted molar refractivity (Wildman–Crippen MR) is 88.8 cm³/mol. The maximum Gasteiger partial charge on any atom is 0.236 e. The van der Waals surface area contributed by atoms with Crippen LogP contribution in [0.1, 0.15) is 24.9 Å². The Morgan fingerprint density at radius 2 is 1.90 bits per heavy atom. The van der Waals surface area contributed by atoms with Gasteiger partial charge in [0.05, 0.1) is 6.54 Å². The second-order valence-electron chi connectivity index (χ2n) is 5.38. The van der Waals surface area contributed by atoms with Gasteiger partial charge in [-0.2, -0.15) is 0 Å². The Morgan fingerprint density at radius 1 is 1.29 bits per heavy atom. The number of carbonyl (C=O) groups excluding carboxylic acids is 1. The predicted octanol–water partition coefficient (Wildman–Crippen LogP) is 1.92. The summed E-state index contributed by atoms with van der Waals surface area (Å²) in [5, 5.41) is 3.28. The molecule has 4 nitrogen and oxygen atoms in total. The molecule has 118 valence electrons. The highest BCUT2D eigenvalue weighted by atomic mass is 35.5. The molecule has 5 heteroatoms. The van der Waals surface area contributed by atoms with Gasteiger partial charge in [-0.25, -0.2) is 0 Å². The summed E-state index contributed by atoms with van der Waals surface area (Å²) in [6.45, 7) is 6.14. The summed E-state index contributed by atoms with van der Waals surface area (Å²) in [5.74, 6) is 0.239. The third-order valence-electron chi connectivity index (χ3n) is 3.96. The Kier molecular flexibility index (Phi) is 7.72. The monoisotopic (exact) mass is 311 g/mol. The van der Waals surface area contributed by atoms with Crippen LogP contribution < -0.4 is 5.32 Å². The molecule has 1 unspecified atom stereocenters. The fraction of sp³-hybridized carbons (Fsp3) is 0.562. The van der Waals surface area contributed by atoms with E-state index in [1.807, 2.05) is 18.0 Å². The first kappa shape index (κ1) is 18.0. The van der Waals surface area contributed by atoms with E-state index in [1.54, 1.807) is 0 Å². The van der Waals surface area contributed by atoms with Crippen LogP contribution >= 0.6 is 12.4 Å². The number of nitrogens with one attached hydrogen (secondary N) is 1. The maximum absolute atomic E-state index is 12.3. The van der Waals surface area contributed by atoms with Crippen LogP contribution in [0.5, 0.6) is 0 Å². The van der Waals surface area contributed by atoms with Crippen molar-refractivity contribution in [1.29, 1.82) is 0 Å². The maximum atomic E-state index is 12.3. The van der Waals surface area contributed by atoms with Crippen LogP contribution in [0.15, 0.2) is 30.3 Å². The van der Waals surface area contributed by atoms with Gasteiger partial charge in [0.15, 0.2) is 0 Å². The van der Waals surface area contributed by atoms with Gasteiger partial charge >= 0.3 is 0 Å². The zero-order valence-corrected chi connectivity index (χ0v) is 13.7. The minimum absolute atomic E-state index is 0. The third-order valence-corrected chi connectivity index (χ3v) is 3.96. The van der Waals surface area contributed by atoms with Crippen LogP contribution in [-0.4, -0.2) is 55.5 Å². The lowest BCUT2D eigenvalue weighted by atomic mass is 10.0. The van der Waals surface area contributed by atoms with Crippen molar-refractivity contribution in [1.82, 2.24) is 15.1 Å². The quantitative estimate of drug-likeness (QED) is 0.902. The average molecular weight is 312 g/mol. The van der Waals surface area contributed by atoms with Crippen molar-refractivity contribution in [2.24, 2.45) is 0 Å². The van der Waals surface area contributed by atoms with Gasteiger partial charge in [-0.1, -0.05) is 37.3 Å². The average Bonchev–Trinajstić information content (AvgIpc) is 2.50. The number of nitrogens with zero attached hydrogens (tertiary/aromatic N) is 2. The minimum atomic E-state index is 0. The smallest absolute Gasteiger partial charge is 0.236 e.